The van der Waals surface area contributed by atoms with Gasteiger partial charge in [-0.3, -0.25) is 4.98 Å². The fourth-order valence-electron chi connectivity index (χ4n) is 2.75. The molecule has 1 fully saturated rings. The van der Waals surface area contributed by atoms with Gasteiger partial charge in [-0.15, -0.1) is 0 Å². The van der Waals surface area contributed by atoms with Crippen LogP contribution in [0.2, 0.25) is 0 Å². The van der Waals surface area contributed by atoms with Gasteiger partial charge < -0.3 is 0 Å². The first-order valence-electron chi connectivity index (χ1n) is 7.27. The summed E-state index contributed by atoms with van der Waals surface area (Å²) in [5.74, 6) is 0.826. The second kappa shape index (κ2) is 6.10. The van der Waals surface area contributed by atoms with Crippen LogP contribution in [0, 0.1) is 6.92 Å². The Labute approximate surface area is 130 Å². The molecule has 1 aliphatic rings. The van der Waals surface area contributed by atoms with E-state index in [9.17, 15) is 8.42 Å². The molecular formula is C15H18N4O2S. The number of rotatable bonds is 3. The van der Waals surface area contributed by atoms with E-state index < -0.39 is 10.0 Å². The number of nitrogens with zero attached hydrogens (tertiary/aromatic N) is 4. The highest BCUT2D eigenvalue weighted by Crippen LogP contribution is 2.29. The van der Waals surface area contributed by atoms with E-state index in [4.69, 9.17) is 0 Å². The quantitative estimate of drug-likeness (QED) is 0.862. The maximum atomic E-state index is 12.7. The van der Waals surface area contributed by atoms with E-state index in [0.29, 0.717) is 18.9 Å². The maximum absolute atomic E-state index is 12.7. The topological polar surface area (TPSA) is 76.1 Å². The second-order valence-electron chi connectivity index (χ2n) is 5.42. The summed E-state index contributed by atoms with van der Waals surface area (Å²) >= 11 is 0. The average molecular weight is 318 g/mol. The summed E-state index contributed by atoms with van der Waals surface area (Å²) in [6.07, 6.45) is 6.46. The summed E-state index contributed by atoms with van der Waals surface area (Å²) in [4.78, 5) is 12.7. The van der Waals surface area contributed by atoms with Crippen molar-refractivity contribution in [2.24, 2.45) is 0 Å². The van der Waals surface area contributed by atoms with Crippen molar-refractivity contribution in [1.29, 1.82) is 0 Å². The summed E-state index contributed by atoms with van der Waals surface area (Å²) in [7, 11) is -3.49. The molecule has 0 N–H and O–H groups in total. The predicted molar refractivity (Wildman–Crippen MR) is 81.7 cm³/mol. The van der Waals surface area contributed by atoms with Crippen LogP contribution in [0.1, 0.15) is 30.3 Å². The number of piperidine rings is 1. The van der Waals surface area contributed by atoms with Crippen LogP contribution in [-0.4, -0.2) is 40.8 Å². The molecule has 116 valence electrons. The van der Waals surface area contributed by atoms with Crippen LogP contribution >= 0.6 is 0 Å². The van der Waals surface area contributed by atoms with Crippen LogP contribution in [0.4, 0.5) is 0 Å². The molecule has 0 aromatic carbocycles. The van der Waals surface area contributed by atoms with E-state index in [1.54, 1.807) is 24.5 Å². The standard InChI is InChI=1S/C15H18N4O2S/c1-12-17-8-6-15(18-12)13-4-3-9-19(11-13)22(20,21)14-5-2-7-16-10-14/h2,5-8,10,13H,3-4,9,11H2,1H3/t13-/m1/s1. The average Bonchev–Trinajstić information content (AvgIpc) is 2.56. The van der Waals surface area contributed by atoms with Crippen molar-refractivity contribution in [3.05, 3.63) is 48.3 Å². The predicted octanol–water partition coefficient (Wildman–Crippen LogP) is 1.75. The number of hydrogen-bond acceptors (Lipinski definition) is 5. The fraction of sp³-hybridized carbons (Fsp3) is 0.400. The number of pyridine rings is 1. The molecule has 7 heteroatoms. The minimum Gasteiger partial charge on any atom is -0.263 e. The van der Waals surface area contributed by atoms with Gasteiger partial charge in [-0.25, -0.2) is 18.4 Å². The van der Waals surface area contributed by atoms with Gasteiger partial charge in [0.05, 0.1) is 0 Å². The van der Waals surface area contributed by atoms with Crippen molar-refractivity contribution in [2.75, 3.05) is 13.1 Å². The SMILES string of the molecule is Cc1nccc([C@@H]2CCCN(S(=O)(=O)c3cccnc3)C2)n1. The summed E-state index contributed by atoms with van der Waals surface area (Å²) in [5.41, 5.74) is 0.915. The zero-order valence-corrected chi connectivity index (χ0v) is 13.2. The van der Waals surface area contributed by atoms with E-state index in [0.717, 1.165) is 18.5 Å². The third kappa shape index (κ3) is 3.00. The molecule has 0 saturated carbocycles. The van der Waals surface area contributed by atoms with E-state index in [1.807, 2.05) is 13.0 Å². The Kier molecular flexibility index (Phi) is 4.17. The molecule has 2 aromatic rings. The minimum absolute atomic E-state index is 0.113. The maximum Gasteiger partial charge on any atom is 0.244 e. The molecule has 1 aliphatic heterocycles. The van der Waals surface area contributed by atoms with Gasteiger partial charge in [-0.1, -0.05) is 0 Å². The van der Waals surface area contributed by atoms with E-state index in [-0.39, 0.29) is 10.8 Å². The lowest BCUT2D eigenvalue weighted by Crippen LogP contribution is -2.39. The molecule has 22 heavy (non-hydrogen) atoms. The highest BCUT2D eigenvalue weighted by atomic mass is 32.2. The molecule has 3 rings (SSSR count). The summed E-state index contributed by atoms with van der Waals surface area (Å²) in [6.45, 7) is 2.84. The van der Waals surface area contributed by atoms with Gasteiger partial charge in [0.25, 0.3) is 0 Å². The van der Waals surface area contributed by atoms with Crippen LogP contribution in [0.3, 0.4) is 0 Å². The summed E-state index contributed by atoms with van der Waals surface area (Å²) < 4.78 is 26.9. The monoisotopic (exact) mass is 318 g/mol. The van der Waals surface area contributed by atoms with Crippen LogP contribution in [-0.2, 0) is 10.0 Å². The van der Waals surface area contributed by atoms with E-state index in [1.165, 1.54) is 10.5 Å². The van der Waals surface area contributed by atoms with Gasteiger partial charge in [0.1, 0.15) is 10.7 Å². The number of hydrogen-bond donors (Lipinski definition) is 0. The van der Waals surface area contributed by atoms with Gasteiger partial charge in [0.2, 0.25) is 10.0 Å². The van der Waals surface area contributed by atoms with Gasteiger partial charge in [0, 0.05) is 43.3 Å². The van der Waals surface area contributed by atoms with Crippen LogP contribution < -0.4 is 0 Å². The molecule has 0 aliphatic carbocycles. The molecule has 0 amide bonds. The highest BCUT2D eigenvalue weighted by Gasteiger charge is 2.31. The summed E-state index contributed by atoms with van der Waals surface area (Å²) in [6, 6.07) is 5.10. The number of aromatic nitrogens is 3. The first kappa shape index (κ1) is 15.1. The minimum atomic E-state index is -3.49. The number of sulfonamides is 1. The summed E-state index contributed by atoms with van der Waals surface area (Å²) in [5, 5.41) is 0. The van der Waals surface area contributed by atoms with Crippen LogP contribution in [0.15, 0.2) is 41.7 Å². The van der Waals surface area contributed by atoms with Gasteiger partial charge in [0.15, 0.2) is 0 Å². The molecular weight excluding hydrogens is 300 g/mol. The normalized spacial score (nSPS) is 20.0. The van der Waals surface area contributed by atoms with Crippen LogP contribution in [0.5, 0.6) is 0 Å². The number of aryl methyl sites for hydroxylation is 1. The van der Waals surface area contributed by atoms with Gasteiger partial charge >= 0.3 is 0 Å². The first-order chi connectivity index (χ1) is 10.6. The van der Waals surface area contributed by atoms with Gasteiger partial charge in [-0.05, 0) is 38.0 Å². The van der Waals surface area contributed by atoms with Crippen LogP contribution in [0.25, 0.3) is 0 Å². The Morgan fingerprint density at radius 3 is 2.86 bits per heavy atom. The Balaban J connectivity index is 1.84. The Bertz CT molecular complexity index is 749. The first-order valence-corrected chi connectivity index (χ1v) is 8.71. The lowest BCUT2D eigenvalue weighted by molar-refractivity contribution is 0.312. The van der Waals surface area contributed by atoms with Crippen molar-refractivity contribution in [2.45, 2.75) is 30.6 Å². The molecule has 2 aromatic heterocycles. The largest absolute Gasteiger partial charge is 0.263 e. The molecule has 6 nitrogen and oxygen atoms in total. The van der Waals surface area contributed by atoms with E-state index >= 15 is 0 Å². The van der Waals surface area contributed by atoms with Crippen molar-refractivity contribution in [3.63, 3.8) is 0 Å². The molecule has 1 saturated heterocycles. The fourth-order valence-corrected chi connectivity index (χ4v) is 4.24. The molecule has 0 spiro atoms. The van der Waals surface area contributed by atoms with E-state index in [2.05, 4.69) is 15.0 Å². The zero-order valence-electron chi connectivity index (χ0n) is 12.4. The molecule has 0 radical (unpaired) electrons. The molecule has 1 atom stereocenters. The lowest BCUT2D eigenvalue weighted by atomic mass is 9.96. The molecule has 3 heterocycles. The van der Waals surface area contributed by atoms with Crippen molar-refractivity contribution < 1.29 is 8.42 Å². The molecule has 0 unspecified atom stereocenters. The second-order valence-corrected chi connectivity index (χ2v) is 7.36. The Morgan fingerprint density at radius 2 is 2.14 bits per heavy atom. The third-order valence-corrected chi connectivity index (χ3v) is 5.72. The highest BCUT2D eigenvalue weighted by molar-refractivity contribution is 7.89. The lowest BCUT2D eigenvalue weighted by Gasteiger charge is -2.31. The third-order valence-electron chi connectivity index (χ3n) is 3.87. The zero-order chi connectivity index (χ0) is 15.6. The van der Waals surface area contributed by atoms with Crippen molar-refractivity contribution >= 4 is 10.0 Å². The van der Waals surface area contributed by atoms with Gasteiger partial charge in [-0.2, -0.15) is 4.31 Å². The smallest absolute Gasteiger partial charge is 0.244 e. The Hall–Kier alpha value is -1.86. The Morgan fingerprint density at radius 1 is 1.27 bits per heavy atom. The molecule has 0 bridgehead atoms. The van der Waals surface area contributed by atoms with Crippen molar-refractivity contribution in [1.82, 2.24) is 19.3 Å². The van der Waals surface area contributed by atoms with Crippen molar-refractivity contribution in [3.8, 4) is 0 Å².